The van der Waals surface area contributed by atoms with Gasteiger partial charge in [0.2, 0.25) is 11.8 Å². The van der Waals surface area contributed by atoms with Crippen LogP contribution in [0.3, 0.4) is 0 Å². The Morgan fingerprint density at radius 3 is 2.40 bits per heavy atom. The van der Waals surface area contributed by atoms with E-state index >= 15 is 0 Å². The zero-order valence-electron chi connectivity index (χ0n) is 36.7. The molecule has 0 bridgehead atoms. The van der Waals surface area contributed by atoms with Crippen LogP contribution in [0, 0.1) is 17.8 Å². The monoisotopic (exact) mass is 860 g/mol. The van der Waals surface area contributed by atoms with E-state index in [1.165, 1.54) is 14.2 Å². The zero-order valence-corrected chi connectivity index (χ0v) is 36.7. The van der Waals surface area contributed by atoms with Crippen LogP contribution in [0.15, 0.2) is 48.7 Å². The van der Waals surface area contributed by atoms with Crippen molar-refractivity contribution in [3.8, 4) is 28.1 Å². The number of carbonyl (C=O) groups is 4. The minimum Gasteiger partial charge on any atom is -0.488 e. The summed E-state index contributed by atoms with van der Waals surface area (Å²) in [6.07, 6.45) is 4.23. The van der Waals surface area contributed by atoms with Crippen LogP contribution in [0.2, 0.25) is 0 Å². The molecule has 1 unspecified atom stereocenters. The number of nitrogens with zero attached hydrogens (tertiary/aromatic N) is 4. The van der Waals surface area contributed by atoms with Gasteiger partial charge in [-0.3, -0.25) is 9.59 Å². The van der Waals surface area contributed by atoms with Crippen LogP contribution in [0.4, 0.5) is 9.59 Å². The number of fused-ring (bicyclic) bond motifs is 6. The lowest BCUT2D eigenvalue weighted by Crippen LogP contribution is -2.53. The molecule has 3 fully saturated rings. The van der Waals surface area contributed by atoms with Crippen molar-refractivity contribution in [3.05, 3.63) is 65.9 Å². The highest BCUT2D eigenvalue weighted by molar-refractivity contribution is 6.07. The maximum atomic E-state index is 14.3. The van der Waals surface area contributed by atoms with E-state index in [-0.39, 0.29) is 47.7 Å². The molecule has 16 nitrogen and oxygen atoms in total. The van der Waals surface area contributed by atoms with Crippen molar-refractivity contribution in [1.82, 2.24) is 40.4 Å². The summed E-state index contributed by atoms with van der Waals surface area (Å²) in [5.74, 6) is 1.98. The molecule has 4 amide bonds. The van der Waals surface area contributed by atoms with Gasteiger partial charge in [-0.2, -0.15) is 0 Å². The van der Waals surface area contributed by atoms with E-state index in [2.05, 4.69) is 63.9 Å². The standard InChI is InChI=1S/C47H56N8O8/c1-24(2)39(52-46(58)60-5)45(57)55-26(4)7-12-36(55)42-48-21-35(50-42)29-8-10-31-30(18-29)23-63-38-20-32-28(19-33(31)38)9-11-34-41(32)51-43(49-34)37-17-25(3)22-54(37)44(56)40(53-47(59)61-6)27-13-15-62-16-14-27/h8-11,18-21,24-27,36-37,39-40H,7,12-17,22-23H2,1-6H3,(H,48,50)(H,49,51)(H,52,58)(H,53,59)/t25-,26-,36-,37-,39-,40?/m0/s1. The number of nitrogens with one attached hydrogen (secondary N) is 4. The highest BCUT2D eigenvalue weighted by Crippen LogP contribution is 2.44. The van der Waals surface area contributed by atoms with Crippen molar-refractivity contribution < 1.29 is 38.1 Å². The molecule has 6 heterocycles. The molecular formula is C47H56N8O8. The SMILES string of the molecule is COC(=O)NC(C(=O)N1C[C@@H](C)C[C@H]1c1nc2ccc3cc4c(cc3c2[nH]1)OCc1cc(-c2cnc([C@@H]3CC[C@H](C)N3C(=O)[C@@H](NC(=O)OC)C(C)C)[nH]2)ccc1-4)C1CCOCC1. The quantitative estimate of drug-likeness (QED) is 0.118. The summed E-state index contributed by atoms with van der Waals surface area (Å²) in [7, 11) is 2.60. The first-order valence-electron chi connectivity index (χ1n) is 22.1. The number of aromatic nitrogens is 4. The molecule has 4 aliphatic rings. The summed E-state index contributed by atoms with van der Waals surface area (Å²) in [6.45, 7) is 10.0. The number of alkyl carbamates (subject to hydrolysis) is 2. The van der Waals surface area contributed by atoms with Crippen LogP contribution < -0.4 is 15.4 Å². The van der Waals surface area contributed by atoms with E-state index < -0.39 is 24.3 Å². The van der Waals surface area contributed by atoms with Crippen LogP contribution in [0.1, 0.15) is 89.1 Å². The normalized spacial score (nSPS) is 22.1. The molecule has 4 N–H and O–H groups in total. The van der Waals surface area contributed by atoms with Crippen molar-refractivity contribution in [1.29, 1.82) is 0 Å². The van der Waals surface area contributed by atoms with Gasteiger partial charge in [0.05, 0.1) is 49.2 Å². The number of imidazole rings is 2. The minimum absolute atomic E-state index is 0.0177. The number of ether oxygens (including phenoxy) is 4. The molecule has 2 aromatic heterocycles. The van der Waals surface area contributed by atoms with E-state index in [0.717, 1.165) is 80.6 Å². The second-order valence-electron chi connectivity index (χ2n) is 17.9. The first-order chi connectivity index (χ1) is 30.4. The summed E-state index contributed by atoms with van der Waals surface area (Å²) in [5, 5.41) is 7.57. The fourth-order valence-electron chi connectivity index (χ4n) is 10.1. The lowest BCUT2D eigenvalue weighted by atomic mass is 9.90. The van der Waals surface area contributed by atoms with Crippen molar-refractivity contribution in [2.75, 3.05) is 34.0 Å². The van der Waals surface area contributed by atoms with Crippen molar-refractivity contribution in [2.24, 2.45) is 17.8 Å². The highest BCUT2D eigenvalue weighted by Gasteiger charge is 2.43. The predicted molar refractivity (Wildman–Crippen MR) is 235 cm³/mol. The molecule has 63 heavy (non-hydrogen) atoms. The zero-order chi connectivity index (χ0) is 44.1. The largest absolute Gasteiger partial charge is 0.488 e. The number of rotatable bonds is 9. The van der Waals surface area contributed by atoms with Gasteiger partial charge in [-0.1, -0.05) is 39.0 Å². The second-order valence-corrected chi connectivity index (χ2v) is 17.9. The highest BCUT2D eigenvalue weighted by atomic mass is 16.5. The summed E-state index contributed by atoms with van der Waals surface area (Å²) >= 11 is 0. The third-order valence-corrected chi connectivity index (χ3v) is 13.5. The Bertz CT molecular complexity index is 2560. The Morgan fingerprint density at radius 1 is 0.857 bits per heavy atom. The third-order valence-electron chi connectivity index (χ3n) is 13.5. The Morgan fingerprint density at radius 2 is 1.63 bits per heavy atom. The molecule has 332 valence electrons. The van der Waals surface area contributed by atoms with Crippen LogP contribution in [-0.2, 0) is 30.4 Å². The van der Waals surface area contributed by atoms with Crippen LogP contribution >= 0.6 is 0 Å². The van der Waals surface area contributed by atoms with Crippen LogP contribution in [0.5, 0.6) is 5.75 Å². The number of aromatic amines is 2. The fraction of sp³-hybridized carbons (Fsp3) is 0.489. The van der Waals surface area contributed by atoms with Gasteiger partial charge < -0.3 is 49.3 Å². The van der Waals surface area contributed by atoms with Crippen molar-refractivity contribution in [3.63, 3.8) is 0 Å². The summed E-state index contributed by atoms with van der Waals surface area (Å²) in [5.41, 5.74) is 6.59. The summed E-state index contributed by atoms with van der Waals surface area (Å²) in [6, 6.07) is 12.7. The van der Waals surface area contributed by atoms with E-state index in [0.29, 0.717) is 45.0 Å². The van der Waals surface area contributed by atoms with E-state index in [1.807, 2.05) is 42.8 Å². The summed E-state index contributed by atoms with van der Waals surface area (Å²) < 4.78 is 21.8. The molecule has 5 aromatic rings. The molecule has 0 radical (unpaired) electrons. The molecule has 16 heteroatoms. The molecule has 6 atom stereocenters. The first kappa shape index (κ1) is 42.2. The lowest BCUT2D eigenvalue weighted by Gasteiger charge is -2.34. The summed E-state index contributed by atoms with van der Waals surface area (Å²) in [4.78, 5) is 73.4. The maximum Gasteiger partial charge on any atom is 0.407 e. The van der Waals surface area contributed by atoms with E-state index in [4.69, 9.17) is 28.9 Å². The molecule has 3 saturated heterocycles. The van der Waals surface area contributed by atoms with Crippen molar-refractivity contribution in [2.45, 2.75) is 96.6 Å². The fourth-order valence-corrected chi connectivity index (χ4v) is 10.1. The van der Waals surface area contributed by atoms with Gasteiger partial charge in [0.15, 0.2) is 0 Å². The molecule has 9 rings (SSSR count). The maximum absolute atomic E-state index is 14.3. The average Bonchev–Trinajstić information content (AvgIpc) is 4.12. The van der Waals surface area contributed by atoms with E-state index in [1.54, 1.807) is 0 Å². The number of hydrogen-bond acceptors (Lipinski definition) is 10. The third kappa shape index (κ3) is 7.93. The number of amides is 4. The predicted octanol–water partition coefficient (Wildman–Crippen LogP) is 7.16. The number of carbonyl (C=O) groups excluding carboxylic acids is 4. The van der Waals surface area contributed by atoms with Gasteiger partial charge in [0.1, 0.15) is 36.1 Å². The molecule has 4 aliphatic heterocycles. The number of methoxy groups -OCH3 is 2. The Kier molecular flexibility index (Phi) is 11.5. The van der Waals surface area contributed by atoms with Gasteiger partial charge in [-0.15, -0.1) is 0 Å². The van der Waals surface area contributed by atoms with Crippen LogP contribution in [0.25, 0.3) is 44.2 Å². The smallest absolute Gasteiger partial charge is 0.407 e. The lowest BCUT2D eigenvalue weighted by molar-refractivity contribution is -0.138. The average molecular weight is 861 g/mol. The number of benzene rings is 3. The number of likely N-dealkylation sites (tertiary alicyclic amines) is 2. The Labute approximate surface area is 365 Å². The molecule has 0 saturated carbocycles. The first-order valence-corrected chi connectivity index (χ1v) is 22.1. The molecule has 0 spiro atoms. The Hall–Kier alpha value is -6.16. The topological polar surface area (TPSA) is 193 Å². The van der Waals surface area contributed by atoms with Crippen LogP contribution in [-0.4, -0.2) is 106 Å². The van der Waals surface area contributed by atoms with E-state index in [9.17, 15) is 19.2 Å². The molecule has 0 aliphatic carbocycles. The van der Waals surface area contributed by atoms with Gasteiger partial charge in [0.25, 0.3) is 0 Å². The minimum atomic E-state index is -0.720. The molecule has 3 aromatic carbocycles. The number of H-pyrrole nitrogens is 2. The Balaban J connectivity index is 0.964. The number of hydrogen-bond donors (Lipinski definition) is 4. The molecular weight excluding hydrogens is 805 g/mol. The van der Waals surface area contributed by atoms with Crippen molar-refractivity contribution >= 4 is 45.8 Å². The van der Waals surface area contributed by atoms with Gasteiger partial charge in [-0.05, 0) is 103 Å². The van der Waals surface area contributed by atoms with Gasteiger partial charge in [-0.25, -0.2) is 19.6 Å². The van der Waals surface area contributed by atoms with Gasteiger partial charge in [0, 0.05) is 36.8 Å². The van der Waals surface area contributed by atoms with Gasteiger partial charge >= 0.3 is 12.2 Å². The second kappa shape index (κ2) is 17.2.